The zero-order valence-corrected chi connectivity index (χ0v) is 22.1. The molecule has 0 aliphatic carbocycles. The fourth-order valence-corrected chi connectivity index (χ4v) is 4.56. The molecule has 200 valence electrons. The van der Waals surface area contributed by atoms with Crippen molar-refractivity contribution in [3.05, 3.63) is 81.8 Å². The Morgan fingerprint density at radius 2 is 1.87 bits per heavy atom. The predicted octanol–water partition coefficient (Wildman–Crippen LogP) is -2.02. The van der Waals surface area contributed by atoms with Gasteiger partial charge in [0.15, 0.2) is 11.2 Å². The highest BCUT2D eigenvalue weighted by Gasteiger charge is 2.15. The van der Waals surface area contributed by atoms with Crippen LogP contribution in [0.5, 0.6) is 5.75 Å². The van der Waals surface area contributed by atoms with Crippen LogP contribution in [0.4, 0.5) is 0 Å². The van der Waals surface area contributed by atoms with Crippen molar-refractivity contribution in [3.63, 3.8) is 0 Å². The van der Waals surface area contributed by atoms with Crippen LogP contribution >= 0.6 is 0 Å². The minimum absolute atomic E-state index is 0. The highest BCUT2D eigenvalue weighted by molar-refractivity contribution is 5.90. The Hall–Kier alpha value is -3.86. The number of nitrogens with zero attached hydrogens (tertiary/aromatic N) is 4. The predicted molar refractivity (Wildman–Crippen MR) is 142 cm³/mol. The molecule has 0 aliphatic heterocycles. The molecule has 0 fully saturated rings. The van der Waals surface area contributed by atoms with Crippen LogP contribution in [0, 0.1) is 0 Å². The molecular formula is C27H31ClN6O4. The second-order valence-electron chi connectivity index (χ2n) is 9.21. The summed E-state index contributed by atoms with van der Waals surface area (Å²) >= 11 is 0. The molecule has 0 spiro atoms. The number of ether oxygens (including phenoxy) is 1. The zero-order chi connectivity index (χ0) is 25.9. The highest BCUT2D eigenvalue weighted by atomic mass is 35.5. The Bertz CT molecular complexity index is 1650. The molecule has 5 rings (SSSR count). The van der Waals surface area contributed by atoms with Gasteiger partial charge in [0, 0.05) is 43.7 Å². The SMILES string of the molecule is Cn1c(=O)c2c(ncn2CCC[NH2+]CC(O)COc2cccc3[nH]c(-c4ccccc4)cc23)n(C)c1=O.[Cl-]. The number of quaternary nitrogens is 1. The van der Waals surface area contributed by atoms with E-state index in [1.165, 1.54) is 11.6 Å². The van der Waals surface area contributed by atoms with Gasteiger partial charge in [0.05, 0.1) is 12.9 Å². The van der Waals surface area contributed by atoms with Crippen molar-refractivity contribution in [2.45, 2.75) is 19.1 Å². The summed E-state index contributed by atoms with van der Waals surface area (Å²) in [6.07, 6.45) is 1.74. The van der Waals surface area contributed by atoms with Crippen LogP contribution < -0.4 is 33.7 Å². The second-order valence-corrected chi connectivity index (χ2v) is 9.21. The van der Waals surface area contributed by atoms with Gasteiger partial charge in [-0.1, -0.05) is 36.4 Å². The summed E-state index contributed by atoms with van der Waals surface area (Å²) in [6, 6.07) is 18.1. The summed E-state index contributed by atoms with van der Waals surface area (Å²) in [7, 11) is 3.08. The molecule has 3 heterocycles. The summed E-state index contributed by atoms with van der Waals surface area (Å²) in [5.41, 5.74) is 3.18. The molecule has 0 aliphatic rings. The van der Waals surface area contributed by atoms with Gasteiger partial charge in [-0.25, -0.2) is 9.78 Å². The first kappa shape index (κ1) is 27.2. The monoisotopic (exact) mass is 538 g/mol. The normalized spacial score (nSPS) is 12.1. The fourth-order valence-electron chi connectivity index (χ4n) is 4.56. The smallest absolute Gasteiger partial charge is 0.332 e. The molecule has 38 heavy (non-hydrogen) atoms. The van der Waals surface area contributed by atoms with E-state index >= 15 is 0 Å². The number of fused-ring (bicyclic) bond motifs is 2. The average Bonchev–Trinajstić information content (AvgIpc) is 3.55. The Balaban J connectivity index is 0.00000336. The van der Waals surface area contributed by atoms with Crippen LogP contribution in [0.3, 0.4) is 0 Å². The van der Waals surface area contributed by atoms with E-state index in [-0.39, 0.29) is 24.6 Å². The van der Waals surface area contributed by atoms with Gasteiger partial charge >= 0.3 is 5.69 Å². The molecule has 3 aromatic heterocycles. The maximum absolute atomic E-state index is 12.5. The summed E-state index contributed by atoms with van der Waals surface area (Å²) < 4.78 is 10.2. The fraction of sp³-hybridized carbons (Fsp3) is 0.296. The Morgan fingerprint density at radius 1 is 1.08 bits per heavy atom. The zero-order valence-electron chi connectivity index (χ0n) is 21.3. The van der Waals surface area contributed by atoms with E-state index in [4.69, 9.17) is 4.74 Å². The molecule has 1 atom stereocenters. The summed E-state index contributed by atoms with van der Waals surface area (Å²) in [4.78, 5) is 32.3. The molecule has 1 unspecified atom stereocenters. The number of H-pyrrole nitrogens is 1. The molecule has 11 heteroatoms. The standard InChI is InChI=1S/C27H30N6O4.ClH/c1-31-25-24(26(35)32(2)27(31)36)33(17-29-25)13-7-12-28-15-19(34)16-37-23-11-6-10-21-20(23)14-22(30-21)18-8-4-3-5-9-18;/h3-6,8-11,14,17,19,28,30,34H,7,12-13,15-16H2,1-2H3;1H. The number of aliphatic hydroxyl groups excluding tert-OH is 1. The van der Waals surface area contributed by atoms with Crippen LogP contribution in [0.15, 0.2) is 70.5 Å². The van der Waals surface area contributed by atoms with Crippen LogP contribution in [0.1, 0.15) is 6.42 Å². The van der Waals surface area contributed by atoms with Crippen LogP contribution in [-0.4, -0.2) is 54.6 Å². The largest absolute Gasteiger partial charge is 1.00 e. The summed E-state index contributed by atoms with van der Waals surface area (Å²) in [6.45, 7) is 2.04. The van der Waals surface area contributed by atoms with Gasteiger partial charge in [-0.3, -0.25) is 13.9 Å². The van der Waals surface area contributed by atoms with Crippen LogP contribution in [0.25, 0.3) is 33.3 Å². The van der Waals surface area contributed by atoms with Crippen LogP contribution in [-0.2, 0) is 20.6 Å². The number of rotatable bonds is 10. The van der Waals surface area contributed by atoms with Crippen molar-refractivity contribution in [2.24, 2.45) is 14.1 Å². The first-order valence-electron chi connectivity index (χ1n) is 12.3. The highest BCUT2D eigenvalue weighted by Crippen LogP contribution is 2.30. The van der Waals surface area contributed by atoms with Gasteiger partial charge in [0.1, 0.15) is 25.0 Å². The lowest BCUT2D eigenvalue weighted by Crippen LogP contribution is -3.00. The Labute approximate surface area is 224 Å². The van der Waals surface area contributed by atoms with E-state index in [1.807, 2.05) is 41.7 Å². The number of benzene rings is 2. The number of aromatic nitrogens is 5. The Kier molecular flexibility index (Phi) is 8.35. The summed E-state index contributed by atoms with van der Waals surface area (Å²) in [5.74, 6) is 0.734. The van der Waals surface area contributed by atoms with Crippen molar-refractivity contribution < 1.29 is 27.6 Å². The number of aromatic amines is 1. The topological polar surface area (TPSA) is 124 Å². The van der Waals surface area contributed by atoms with E-state index in [1.54, 1.807) is 17.9 Å². The third-order valence-electron chi connectivity index (χ3n) is 6.60. The van der Waals surface area contributed by atoms with E-state index in [2.05, 4.69) is 28.2 Å². The maximum atomic E-state index is 12.5. The van der Waals surface area contributed by atoms with Crippen molar-refractivity contribution in [2.75, 3.05) is 19.7 Å². The quantitative estimate of drug-likeness (QED) is 0.177. The number of halogens is 1. The van der Waals surface area contributed by atoms with Gasteiger partial charge in [0.2, 0.25) is 0 Å². The van der Waals surface area contributed by atoms with Gasteiger partial charge in [0.25, 0.3) is 5.56 Å². The van der Waals surface area contributed by atoms with E-state index < -0.39 is 11.8 Å². The Morgan fingerprint density at radius 3 is 2.66 bits per heavy atom. The lowest BCUT2D eigenvalue weighted by Gasteiger charge is -2.12. The number of hydrogen-bond acceptors (Lipinski definition) is 5. The average molecular weight is 539 g/mol. The molecule has 2 aromatic carbocycles. The lowest BCUT2D eigenvalue weighted by atomic mass is 10.1. The second kappa shape index (κ2) is 11.7. The lowest BCUT2D eigenvalue weighted by molar-refractivity contribution is -0.661. The van der Waals surface area contributed by atoms with E-state index in [9.17, 15) is 14.7 Å². The number of hydrogen-bond donors (Lipinski definition) is 3. The molecule has 0 amide bonds. The number of aliphatic hydroxyl groups is 1. The number of aryl methyl sites for hydroxylation is 2. The van der Waals surface area contributed by atoms with Crippen LogP contribution in [0.2, 0.25) is 0 Å². The molecule has 10 nitrogen and oxygen atoms in total. The van der Waals surface area contributed by atoms with Gasteiger partial charge < -0.3 is 37.1 Å². The first-order valence-corrected chi connectivity index (χ1v) is 12.3. The minimum Gasteiger partial charge on any atom is -1.00 e. The van der Waals surface area contributed by atoms with Crippen molar-refractivity contribution in [1.29, 1.82) is 0 Å². The molecule has 0 saturated carbocycles. The molecular weight excluding hydrogens is 508 g/mol. The first-order chi connectivity index (χ1) is 17.9. The number of imidazole rings is 1. The van der Waals surface area contributed by atoms with E-state index in [0.29, 0.717) is 24.3 Å². The third kappa shape index (κ3) is 5.38. The minimum atomic E-state index is -0.626. The molecule has 5 aromatic rings. The number of nitrogens with one attached hydrogen (secondary N) is 1. The molecule has 0 radical (unpaired) electrons. The molecule has 0 saturated heterocycles. The third-order valence-corrected chi connectivity index (χ3v) is 6.60. The van der Waals surface area contributed by atoms with Crippen molar-refractivity contribution in [1.82, 2.24) is 23.7 Å². The molecule has 0 bridgehead atoms. The van der Waals surface area contributed by atoms with E-state index in [0.717, 1.165) is 45.4 Å². The van der Waals surface area contributed by atoms with Crippen molar-refractivity contribution >= 4 is 22.1 Å². The maximum Gasteiger partial charge on any atom is 0.332 e. The van der Waals surface area contributed by atoms with Crippen molar-refractivity contribution in [3.8, 4) is 17.0 Å². The summed E-state index contributed by atoms with van der Waals surface area (Å²) in [5, 5.41) is 13.5. The van der Waals surface area contributed by atoms with Gasteiger partial charge in [-0.2, -0.15) is 0 Å². The molecule has 4 N–H and O–H groups in total. The number of nitrogens with two attached hydrogens (primary N) is 1. The van der Waals surface area contributed by atoms with Gasteiger partial charge in [-0.05, 0) is 23.8 Å². The van der Waals surface area contributed by atoms with Gasteiger partial charge in [-0.15, -0.1) is 0 Å².